The predicted octanol–water partition coefficient (Wildman–Crippen LogP) is 2.52. The van der Waals surface area contributed by atoms with Crippen molar-refractivity contribution in [3.05, 3.63) is 29.8 Å². The zero-order chi connectivity index (χ0) is 16.6. The van der Waals surface area contributed by atoms with E-state index in [4.69, 9.17) is 10.5 Å². The molecule has 130 valence electrons. The first kappa shape index (κ1) is 16.6. The van der Waals surface area contributed by atoms with Gasteiger partial charge in [-0.05, 0) is 48.7 Å². The van der Waals surface area contributed by atoms with E-state index in [1.807, 2.05) is 12.1 Å². The van der Waals surface area contributed by atoms with Crippen LogP contribution in [-0.2, 0) is 6.54 Å². The smallest absolute Gasteiger partial charge is 0.215 e. The molecule has 0 bridgehead atoms. The minimum Gasteiger partial charge on any atom is -0.493 e. The second-order valence-corrected chi connectivity index (χ2v) is 6.07. The lowest BCUT2D eigenvalue weighted by Crippen LogP contribution is -2.29. The van der Waals surface area contributed by atoms with Crippen molar-refractivity contribution in [1.29, 1.82) is 0 Å². The Bertz CT molecular complexity index is 625. The first-order valence-corrected chi connectivity index (χ1v) is 8.58. The number of hydrogen-bond donors (Lipinski definition) is 2. The first-order chi connectivity index (χ1) is 11.8. The lowest BCUT2D eigenvalue weighted by Gasteiger charge is -2.27. The molecule has 0 aliphatic carbocycles. The quantitative estimate of drug-likeness (QED) is 0.718. The van der Waals surface area contributed by atoms with Crippen LogP contribution in [0.15, 0.2) is 28.9 Å². The second kappa shape index (κ2) is 8.54. The highest BCUT2D eigenvalue weighted by Crippen LogP contribution is 2.22. The van der Waals surface area contributed by atoms with Gasteiger partial charge in [0.1, 0.15) is 5.75 Å². The number of hydrogen-bond acceptors (Lipinski definition) is 7. The van der Waals surface area contributed by atoms with Gasteiger partial charge in [0.2, 0.25) is 11.6 Å². The Balaban J connectivity index is 1.43. The molecule has 1 saturated heterocycles. The van der Waals surface area contributed by atoms with E-state index in [1.54, 1.807) is 0 Å². The van der Waals surface area contributed by atoms with E-state index in [0.29, 0.717) is 19.0 Å². The molecule has 7 heteroatoms. The van der Waals surface area contributed by atoms with E-state index >= 15 is 0 Å². The van der Waals surface area contributed by atoms with Gasteiger partial charge in [-0.3, -0.25) is 4.90 Å². The zero-order valence-electron chi connectivity index (χ0n) is 13.9. The maximum Gasteiger partial charge on any atom is 0.215 e. The zero-order valence-corrected chi connectivity index (χ0v) is 13.9. The molecule has 1 aliphatic rings. The highest BCUT2D eigenvalue weighted by Gasteiger charge is 2.13. The Morgan fingerprint density at radius 1 is 1.17 bits per heavy atom. The van der Waals surface area contributed by atoms with E-state index in [2.05, 4.69) is 37.3 Å². The molecule has 0 radical (unpaired) electrons. The van der Waals surface area contributed by atoms with Crippen molar-refractivity contribution in [2.45, 2.75) is 32.2 Å². The van der Waals surface area contributed by atoms with Crippen LogP contribution in [0.1, 0.15) is 31.2 Å². The Labute approximate surface area is 142 Å². The Morgan fingerprint density at radius 3 is 2.79 bits per heavy atom. The van der Waals surface area contributed by atoms with Crippen LogP contribution in [0.4, 0.5) is 11.6 Å². The van der Waals surface area contributed by atoms with Crippen LogP contribution in [0.25, 0.3) is 0 Å². The third kappa shape index (κ3) is 4.61. The largest absolute Gasteiger partial charge is 0.493 e. The average molecular weight is 331 g/mol. The Kier molecular flexibility index (Phi) is 5.90. The summed E-state index contributed by atoms with van der Waals surface area (Å²) in [6, 6.07) is 8.30. The lowest BCUT2D eigenvalue weighted by molar-refractivity contribution is 0.216. The number of rotatable bonds is 8. The van der Waals surface area contributed by atoms with Crippen molar-refractivity contribution >= 4 is 11.6 Å². The number of para-hydroxylation sites is 1. The summed E-state index contributed by atoms with van der Waals surface area (Å²) in [6.45, 7) is 4.67. The molecule has 0 saturated carbocycles. The molecule has 1 aromatic carbocycles. The number of ether oxygens (including phenoxy) is 1. The molecule has 0 amide bonds. The summed E-state index contributed by atoms with van der Waals surface area (Å²) < 4.78 is 10.5. The van der Waals surface area contributed by atoms with E-state index in [0.717, 1.165) is 18.7 Å². The number of nitrogens with zero attached hydrogens (tertiary/aromatic N) is 3. The van der Waals surface area contributed by atoms with Gasteiger partial charge in [0, 0.05) is 18.7 Å². The van der Waals surface area contributed by atoms with Crippen LogP contribution in [0.3, 0.4) is 0 Å². The van der Waals surface area contributed by atoms with E-state index in [-0.39, 0.29) is 5.82 Å². The van der Waals surface area contributed by atoms with E-state index in [9.17, 15) is 0 Å². The summed E-state index contributed by atoms with van der Waals surface area (Å²) in [5.74, 6) is 1.74. The molecule has 3 N–H and O–H groups in total. The fraction of sp³-hybridized carbons (Fsp3) is 0.529. The SMILES string of the molecule is Nc1nonc1NCCCOc1ccccc1CN1CCCCC1. The predicted molar refractivity (Wildman–Crippen MR) is 92.9 cm³/mol. The summed E-state index contributed by atoms with van der Waals surface area (Å²) in [5.41, 5.74) is 6.85. The molecule has 0 unspecified atom stereocenters. The fourth-order valence-corrected chi connectivity index (χ4v) is 2.91. The fourth-order valence-electron chi connectivity index (χ4n) is 2.91. The molecule has 7 nitrogen and oxygen atoms in total. The van der Waals surface area contributed by atoms with Gasteiger partial charge < -0.3 is 15.8 Å². The molecule has 1 aliphatic heterocycles. The van der Waals surface area contributed by atoms with Gasteiger partial charge >= 0.3 is 0 Å². The summed E-state index contributed by atoms with van der Waals surface area (Å²) in [5, 5.41) is 10.3. The van der Waals surface area contributed by atoms with Gasteiger partial charge in [0.15, 0.2) is 0 Å². The van der Waals surface area contributed by atoms with Crippen molar-refractivity contribution in [3.63, 3.8) is 0 Å². The number of anilines is 2. The summed E-state index contributed by atoms with van der Waals surface area (Å²) >= 11 is 0. The van der Waals surface area contributed by atoms with Gasteiger partial charge in [0.25, 0.3) is 0 Å². The number of nitrogen functional groups attached to an aromatic ring is 1. The molecule has 1 aromatic heterocycles. The molecule has 3 rings (SSSR count). The van der Waals surface area contributed by atoms with Crippen LogP contribution in [-0.4, -0.2) is 41.5 Å². The number of aromatic nitrogens is 2. The number of likely N-dealkylation sites (tertiary alicyclic amines) is 1. The van der Waals surface area contributed by atoms with Crippen LogP contribution in [0.5, 0.6) is 5.75 Å². The second-order valence-electron chi connectivity index (χ2n) is 6.07. The van der Waals surface area contributed by atoms with Crippen molar-refractivity contribution < 1.29 is 9.37 Å². The lowest BCUT2D eigenvalue weighted by atomic mass is 10.1. The van der Waals surface area contributed by atoms with Gasteiger partial charge in [-0.1, -0.05) is 24.6 Å². The van der Waals surface area contributed by atoms with Crippen molar-refractivity contribution in [2.24, 2.45) is 0 Å². The topological polar surface area (TPSA) is 89.4 Å². The summed E-state index contributed by atoms with van der Waals surface area (Å²) in [6.07, 6.45) is 4.79. The van der Waals surface area contributed by atoms with Gasteiger partial charge in [0.05, 0.1) is 6.61 Å². The summed E-state index contributed by atoms with van der Waals surface area (Å²) in [4.78, 5) is 2.51. The first-order valence-electron chi connectivity index (χ1n) is 8.58. The van der Waals surface area contributed by atoms with Crippen LogP contribution >= 0.6 is 0 Å². The Hall–Kier alpha value is -2.28. The number of benzene rings is 1. The highest BCUT2D eigenvalue weighted by atomic mass is 16.6. The molecular formula is C17H25N5O2. The molecule has 0 spiro atoms. The van der Waals surface area contributed by atoms with Gasteiger partial charge in [-0.2, -0.15) is 0 Å². The van der Waals surface area contributed by atoms with Crippen LogP contribution in [0, 0.1) is 0 Å². The molecule has 2 heterocycles. The average Bonchev–Trinajstić information content (AvgIpc) is 3.02. The molecule has 2 aromatic rings. The number of nitrogens with one attached hydrogen (secondary N) is 1. The van der Waals surface area contributed by atoms with Crippen LogP contribution in [0.2, 0.25) is 0 Å². The number of nitrogens with two attached hydrogens (primary N) is 1. The minimum absolute atomic E-state index is 0.280. The monoisotopic (exact) mass is 331 g/mol. The maximum atomic E-state index is 5.97. The minimum atomic E-state index is 0.280. The van der Waals surface area contributed by atoms with E-state index in [1.165, 1.54) is 37.9 Å². The standard InChI is InChI=1S/C17H25N5O2/c18-16-17(21-24-20-16)19-9-6-12-23-15-8-3-2-7-14(15)13-22-10-4-1-5-11-22/h2-3,7-8H,1,4-6,9-13H2,(H2,18,20)(H,19,21). The third-order valence-electron chi connectivity index (χ3n) is 4.20. The summed E-state index contributed by atoms with van der Waals surface area (Å²) in [7, 11) is 0. The van der Waals surface area contributed by atoms with Crippen molar-refractivity contribution in [2.75, 3.05) is 37.3 Å². The normalized spacial score (nSPS) is 15.3. The maximum absolute atomic E-state index is 5.97. The molecule has 0 atom stereocenters. The molecular weight excluding hydrogens is 306 g/mol. The van der Waals surface area contributed by atoms with Gasteiger partial charge in [-0.25, -0.2) is 4.63 Å². The van der Waals surface area contributed by atoms with Gasteiger partial charge in [-0.15, -0.1) is 0 Å². The van der Waals surface area contributed by atoms with Crippen LogP contribution < -0.4 is 15.8 Å². The molecule has 1 fully saturated rings. The number of piperidine rings is 1. The van der Waals surface area contributed by atoms with E-state index < -0.39 is 0 Å². The molecule has 24 heavy (non-hydrogen) atoms. The Morgan fingerprint density at radius 2 is 2.00 bits per heavy atom. The van der Waals surface area contributed by atoms with Crippen molar-refractivity contribution in [3.8, 4) is 5.75 Å². The highest BCUT2D eigenvalue weighted by molar-refractivity contribution is 5.53. The third-order valence-corrected chi connectivity index (χ3v) is 4.20. The van der Waals surface area contributed by atoms with Crippen molar-refractivity contribution in [1.82, 2.24) is 15.2 Å².